The molecule has 3 N–H and O–H groups in total. The van der Waals surface area contributed by atoms with Crippen LogP contribution in [-0.2, 0) is 4.79 Å². The van der Waals surface area contributed by atoms with Crippen LogP contribution in [0.3, 0.4) is 0 Å². The zero-order valence-electron chi connectivity index (χ0n) is 17.9. The molecule has 0 saturated heterocycles. The summed E-state index contributed by atoms with van der Waals surface area (Å²) in [7, 11) is 0. The molecule has 4 aliphatic rings. The van der Waals surface area contributed by atoms with Crippen LogP contribution in [0.1, 0.15) is 85.0 Å². The van der Waals surface area contributed by atoms with Crippen LogP contribution in [0, 0.1) is 46.3 Å². The molecule has 4 heteroatoms. The van der Waals surface area contributed by atoms with Gasteiger partial charge in [-0.2, -0.15) is 0 Å². The summed E-state index contributed by atoms with van der Waals surface area (Å²) in [5, 5.41) is 30.5. The third-order valence-electron chi connectivity index (χ3n) is 10.2. The lowest BCUT2D eigenvalue weighted by molar-refractivity contribution is -0.174. The molecule has 0 bridgehead atoms. The fourth-order valence-corrected chi connectivity index (χ4v) is 8.73. The first-order chi connectivity index (χ1) is 13.2. The van der Waals surface area contributed by atoms with Gasteiger partial charge in [-0.15, -0.1) is 0 Å². The number of carbonyl (C=O) groups is 1. The van der Waals surface area contributed by atoms with E-state index in [9.17, 15) is 15.0 Å². The Morgan fingerprint density at radius 1 is 1.00 bits per heavy atom. The molecule has 0 spiro atoms. The highest BCUT2D eigenvalue weighted by molar-refractivity contribution is 5.66. The molecule has 4 nitrogen and oxygen atoms in total. The van der Waals surface area contributed by atoms with Crippen molar-refractivity contribution in [3.05, 3.63) is 0 Å². The molecule has 0 radical (unpaired) electrons. The fraction of sp³-hybridized carbons (Fsp3) is 0.958. The third kappa shape index (κ3) is 3.14. The molecule has 4 rings (SSSR count). The van der Waals surface area contributed by atoms with Crippen LogP contribution < -0.4 is 0 Å². The van der Waals surface area contributed by atoms with E-state index in [0.29, 0.717) is 35.5 Å². The van der Waals surface area contributed by atoms with E-state index in [1.54, 1.807) is 0 Å². The Balaban J connectivity index is 1.55. The number of carboxylic acid groups (broad SMARTS) is 1. The second-order valence-electron chi connectivity index (χ2n) is 11.4. The molecule has 28 heavy (non-hydrogen) atoms. The second kappa shape index (κ2) is 7.27. The van der Waals surface area contributed by atoms with Gasteiger partial charge in [0.15, 0.2) is 0 Å². The van der Waals surface area contributed by atoms with Crippen LogP contribution in [0.25, 0.3) is 0 Å². The van der Waals surface area contributed by atoms with Crippen molar-refractivity contribution in [2.24, 2.45) is 46.3 Å². The minimum absolute atomic E-state index is 0.179. The van der Waals surface area contributed by atoms with E-state index < -0.39 is 5.97 Å². The zero-order valence-corrected chi connectivity index (χ0v) is 17.9. The summed E-state index contributed by atoms with van der Waals surface area (Å²) in [4.78, 5) is 11.1. The average Bonchev–Trinajstić information content (AvgIpc) is 2.98. The highest BCUT2D eigenvalue weighted by Crippen LogP contribution is 2.68. The van der Waals surface area contributed by atoms with Crippen LogP contribution >= 0.6 is 0 Å². The lowest BCUT2D eigenvalue weighted by Gasteiger charge is -2.62. The molecule has 0 aliphatic heterocycles. The molecule has 160 valence electrons. The van der Waals surface area contributed by atoms with E-state index in [-0.39, 0.29) is 29.5 Å². The summed E-state index contributed by atoms with van der Waals surface area (Å²) in [6.45, 7) is 7.16. The summed E-state index contributed by atoms with van der Waals surface area (Å²) in [6.07, 6.45) is 9.19. The van der Waals surface area contributed by atoms with Gasteiger partial charge in [-0.05, 0) is 104 Å². The van der Waals surface area contributed by atoms with Crippen molar-refractivity contribution in [3.8, 4) is 0 Å². The van der Waals surface area contributed by atoms with Gasteiger partial charge in [0.05, 0.1) is 12.2 Å². The molecule has 10 atom stereocenters. The fourth-order valence-electron chi connectivity index (χ4n) is 8.73. The predicted octanol–water partition coefficient (Wildman–Crippen LogP) is 4.48. The molecule has 0 aromatic rings. The van der Waals surface area contributed by atoms with Gasteiger partial charge >= 0.3 is 5.97 Å². The predicted molar refractivity (Wildman–Crippen MR) is 109 cm³/mol. The number of aliphatic carboxylic acids is 1. The Labute approximate surface area is 170 Å². The van der Waals surface area contributed by atoms with Crippen LogP contribution in [0.4, 0.5) is 0 Å². The van der Waals surface area contributed by atoms with E-state index in [2.05, 4.69) is 20.8 Å². The standard InChI is InChI=1S/C24H40O4/c1-14(4-7-21(27)28)17-5-6-18-22-19(9-11-24(17,18)3)23(2)10-8-16(25)12-15(23)13-20(22)26/h14-20,22,25-26H,4-13H2,1-3H3,(H,27,28)/t14-,15?,16+,17-,18-,19-,20+,22?,23+,24-/m1/s1. The van der Waals surface area contributed by atoms with Crippen molar-refractivity contribution in [2.75, 3.05) is 0 Å². The largest absolute Gasteiger partial charge is 0.481 e. The quantitative estimate of drug-likeness (QED) is 0.659. The summed E-state index contributed by atoms with van der Waals surface area (Å²) < 4.78 is 0. The molecule has 4 aliphatic carbocycles. The first-order valence-corrected chi connectivity index (χ1v) is 11.7. The molecule has 2 unspecified atom stereocenters. The summed E-state index contributed by atoms with van der Waals surface area (Å²) in [5.74, 6) is 2.36. The minimum Gasteiger partial charge on any atom is -0.481 e. The molecule has 0 aromatic carbocycles. The van der Waals surface area contributed by atoms with Crippen LogP contribution in [0.5, 0.6) is 0 Å². The van der Waals surface area contributed by atoms with E-state index in [1.165, 1.54) is 25.7 Å². The molecular weight excluding hydrogens is 352 g/mol. The molecule has 0 aromatic heterocycles. The molecule has 4 fully saturated rings. The topological polar surface area (TPSA) is 77.8 Å². The summed E-state index contributed by atoms with van der Waals surface area (Å²) >= 11 is 0. The molecule has 0 heterocycles. The maximum absolute atomic E-state index is 11.2. The summed E-state index contributed by atoms with van der Waals surface area (Å²) in [5.41, 5.74) is 0.523. The number of hydrogen-bond donors (Lipinski definition) is 3. The van der Waals surface area contributed by atoms with E-state index >= 15 is 0 Å². The van der Waals surface area contributed by atoms with Crippen molar-refractivity contribution >= 4 is 5.97 Å². The monoisotopic (exact) mass is 392 g/mol. The zero-order chi connectivity index (χ0) is 20.3. The van der Waals surface area contributed by atoms with E-state index in [4.69, 9.17) is 5.11 Å². The Kier molecular flexibility index (Phi) is 5.36. The number of hydrogen-bond acceptors (Lipinski definition) is 3. The average molecular weight is 393 g/mol. The number of fused-ring (bicyclic) bond motifs is 5. The minimum atomic E-state index is -0.684. The maximum Gasteiger partial charge on any atom is 0.303 e. The molecule has 0 amide bonds. The van der Waals surface area contributed by atoms with Crippen molar-refractivity contribution in [1.29, 1.82) is 0 Å². The Morgan fingerprint density at radius 3 is 2.39 bits per heavy atom. The number of aliphatic hydroxyl groups is 2. The summed E-state index contributed by atoms with van der Waals surface area (Å²) in [6, 6.07) is 0. The van der Waals surface area contributed by atoms with Gasteiger partial charge in [-0.3, -0.25) is 4.79 Å². The van der Waals surface area contributed by atoms with Gasteiger partial charge < -0.3 is 15.3 Å². The van der Waals surface area contributed by atoms with Gasteiger partial charge in [-0.1, -0.05) is 20.8 Å². The van der Waals surface area contributed by atoms with Crippen LogP contribution in [0.2, 0.25) is 0 Å². The normalized spacial score (nSPS) is 51.7. The Bertz CT molecular complexity index is 605. The number of carboxylic acids is 1. The maximum atomic E-state index is 11.2. The van der Waals surface area contributed by atoms with Crippen molar-refractivity contribution in [1.82, 2.24) is 0 Å². The number of rotatable bonds is 4. The Hall–Kier alpha value is -0.610. The first-order valence-electron chi connectivity index (χ1n) is 11.7. The van der Waals surface area contributed by atoms with Crippen molar-refractivity contribution in [3.63, 3.8) is 0 Å². The lowest BCUT2D eigenvalue weighted by atomic mass is 9.43. The molecule has 4 saturated carbocycles. The van der Waals surface area contributed by atoms with Crippen molar-refractivity contribution in [2.45, 2.75) is 97.2 Å². The second-order valence-corrected chi connectivity index (χ2v) is 11.4. The number of aliphatic hydroxyl groups excluding tert-OH is 2. The van der Waals surface area contributed by atoms with Crippen LogP contribution in [-0.4, -0.2) is 33.5 Å². The van der Waals surface area contributed by atoms with Gasteiger partial charge in [0.2, 0.25) is 0 Å². The lowest BCUT2D eigenvalue weighted by Crippen LogP contribution is -2.58. The SMILES string of the molecule is C[C@H](CCC(=O)O)[C@H]1CC[C@@H]2C3[C@@H](CC[C@@]21C)[C@@]1(C)CC[C@H](O)CC1C[C@@H]3O. The van der Waals surface area contributed by atoms with Gasteiger partial charge in [0, 0.05) is 6.42 Å². The van der Waals surface area contributed by atoms with Crippen LogP contribution in [0.15, 0.2) is 0 Å². The van der Waals surface area contributed by atoms with E-state index in [1.807, 2.05) is 0 Å². The van der Waals surface area contributed by atoms with Gasteiger partial charge in [0.25, 0.3) is 0 Å². The Morgan fingerprint density at radius 2 is 1.68 bits per heavy atom. The third-order valence-corrected chi connectivity index (χ3v) is 10.2. The van der Waals surface area contributed by atoms with Gasteiger partial charge in [0.1, 0.15) is 0 Å². The highest BCUT2D eigenvalue weighted by Gasteiger charge is 2.62. The van der Waals surface area contributed by atoms with E-state index in [0.717, 1.165) is 32.1 Å². The smallest absolute Gasteiger partial charge is 0.303 e. The van der Waals surface area contributed by atoms with Gasteiger partial charge in [-0.25, -0.2) is 0 Å². The first kappa shape index (κ1) is 20.7. The highest BCUT2D eigenvalue weighted by atomic mass is 16.4. The molecular formula is C24H40O4. The van der Waals surface area contributed by atoms with Crippen molar-refractivity contribution < 1.29 is 20.1 Å².